The number of hydrazone groups is 1. The van der Waals surface area contributed by atoms with Crippen LogP contribution in [0.2, 0.25) is 0 Å². The van der Waals surface area contributed by atoms with Crippen LogP contribution in [0.1, 0.15) is 27.6 Å². The fraction of sp³-hybridized carbons (Fsp3) is 0.250. The van der Waals surface area contributed by atoms with Crippen molar-refractivity contribution in [2.75, 3.05) is 13.6 Å². The smallest absolute Gasteiger partial charge is 0.261 e. The Balaban J connectivity index is 2.28. The van der Waals surface area contributed by atoms with E-state index in [4.69, 9.17) is 0 Å². The lowest BCUT2D eigenvalue weighted by Gasteiger charge is -2.12. The third-order valence-corrected chi connectivity index (χ3v) is 2.57. The predicted molar refractivity (Wildman–Crippen MR) is 64.0 cm³/mol. The van der Waals surface area contributed by atoms with E-state index in [1.807, 2.05) is 0 Å². The SMILES string of the molecule is CNN=C(C)CN1C(=O)c2ccccc2C1=O. The molecule has 1 heterocycles. The summed E-state index contributed by atoms with van der Waals surface area (Å²) in [6, 6.07) is 6.84. The Labute approximate surface area is 99.1 Å². The number of hydrogen-bond donors (Lipinski definition) is 1. The quantitative estimate of drug-likeness (QED) is 0.477. The van der Waals surface area contributed by atoms with Gasteiger partial charge in [-0.2, -0.15) is 5.10 Å². The molecule has 0 spiro atoms. The summed E-state index contributed by atoms with van der Waals surface area (Å²) in [6.07, 6.45) is 0. The maximum absolute atomic E-state index is 12.0. The summed E-state index contributed by atoms with van der Waals surface area (Å²) in [5.74, 6) is -0.507. The molecule has 0 radical (unpaired) electrons. The maximum Gasteiger partial charge on any atom is 0.261 e. The van der Waals surface area contributed by atoms with Crippen LogP contribution in [0, 0.1) is 0 Å². The van der Waals surface area contributed by atoms with Gasteiger partial charge in [-0.15, -0.1) is 0 Å². The summed E-state index contributed by atoms with van der Waals surface area (Å²) >= 11 is 0. The lowest BCUT2D eigenvalue weighted by atomic mass is 10.1. The van der Waals surface area contributed by atoms with Gasteiger partial charge in [-0.25, -0.2) is 0 Å². The van der Waals surface area contributed by atoms with E-state index in [-0.39, 0.29) is 18.4 Å². The Morgan fingerprint density at radius 2 is 1.76 bits per heavy atom. The van der Waals surface area contributed by atoms with Crippen molar-refractivity contribution in [2.45, 2.75) is 6.92 Å². The van der Waals surface area contributed by atoms with Gasteiger partial charge in [-0.05, 0) is 19.1 Å². The number of imide groups is 1. The molecule has 0 bridgehead atoms. The van der Waals surface area contributed by atoms with Crippen LogP contribution in [0.3, 0.4) is 0 Å². The number of benzene rings is 1. The van der Waals surface area contributed by atoms with Crippen molar-refractivity contribution in [3.8, 4) is 0 Å². The molecular weight excluding hydrogens is 218 g/mol. The van der Waals surface area contributed by atoms with Crippen LogP contribution in [0.15, 0.2) is 29.4 Å². The molecule has 0 saturated heterocycles. The Kier molecular flexibility index (Phi) is 2.91. The second-order valence-electron chi connectivity index (χ2n) is 3.81. The van der Waals surface area contributed by atoms with E-state index in [1.165, 1.54) is 4.90 Å². The number of carbonyl (C=O) groups is 2. The lowest BCUT2D eigenvalue weighted by Crippen LogP contribution is -2.34. The van der Waals surface area contributed by atoms with Gasteiger partial charge in [0.25, 0.3) is 11.8 Å². The molecule has 1 aliphatic rings. The fourth-order valence-electron chi connectivity index (χ4n) is 1.84. The van der Waals surface area contributed by atoms with Gasteiger partial charge in [0.2, 0.25) is 0 Å². The van der Waals surface area contributed by atoms with Crippen molar-refractivity contribution < 1.29 is 9.59 Å². The summed E-state index contributed by atoms with van der Waals surface area (Å²) in [5.41, 5.74) is 4.25. The summed E-state index contributed by atoms with van der Waals surface area (Å²) in [5, 5.41) is 3.94. The van der Waals surface area contributed by atoms with E-state index >= 15 is 0 Å². The highest BCUT2D eigenvalue weighted by molar-refractivity contribution is 6.22. The highest BCUT2D eigenvalue weighted by Crippen LogP contribution is 2.21. The van der Waals surface area contributed by atoms with Crippen LogP contribution in [-0.2, 0) is 0 Å². The molecule has 1 N–H and O–H groups in total. The van der Waals surface area contributed by atoms with Crippen molar-refractivity contribution in [1.29, 1.82) is 0 Å². The molecule has 1 aromatic carbocycles. The molecule has 0 aliphatic carbocycles. The first-order chi connectivity index (χ1) is 8.15. The molecule has 0 atom stereocenters. The molecule has 2 amide bonds. The van der Waals surface area contributed by atoms with Gasteiger partial charge in [-0.3, -0.25) is 14.5 Å². The molecule has 0 unspecified atom stereocenters. The number of nitrogens with one attached hydrogen (secondary N) is 1. The molecule has 17 heavy (non-hydrogen) atoms. The number of nitrogens with zero attached hydrogens (tertiary/aromatic N) is 2. The summed E-state index contributed by atoms with van der Waals surface area (Å²) in [6.45, 7) is 1.98. The summed E-state index contributed by atoms with van der Waals surface area (Å²) < 4.78 is 0. The molecule has 0 fully saturated rings. The van der Waals surface area contributed by atoms with Crippen LogP contribution in [0.5, 0.6) is 0 Å². The van der Waals surface area contributed by atoms with Gasteiger partial charge in [0, 0.05) is 7.05 Å². The minimum absolute atomic E-state index is 0.215. The molecule has 88 valence electrons. The van der Waals surface area contributed by atoms with E-state index < -0.39 is 0 Å². The van der Waals surface area contributed by atoms with E-state index in [2.05, 4.69) is 10.5 Å². The minimum Gasteiger partial charge on any atom is -0.313 e. The third-order valence-electron chi connectivity index (χ3n) is 2.57. The predicted octanol–water partition coefficient (Wildman–Crippen LogP) is 0.878. The first kappa shape index (κ1) is 11.3. The summed E-state index contributed by atoms with van der Waals surface area (Å²) in [4.78, 5) is 25.2. The van der Waals surface area contributed by atoms with Gasteiger partial charge in [0.15, 0.2) is 0 Å². The molecule has 1 aromatic rings. The average Bonchev–Trinajstić information content (AvgIpc) is 2.56. The number of hydrogen-bond acceptors (Lipinski definition) is 4. The van der Waals surface area contributed by atoms with Crippen molar-refractivity contribution in [3.63, 3.8) is 0 Å². The standard InChI is InChI=1S/C12H13N3O2/c1-8(14-13-2)7-15-11(16)9-5-3-4-6-10(9)12(15)17/h3-6,13H,7H2,1-2H3. The average molecular weight is 231 g/mol. The second-order valence-corrected chi connectivity index (χ2v) is 3.81. The van der Waals surface area contributed by atoms with Crippen LogP contribution < -0.4 is 5.43 Å². The molecule has 1 aliphatic heterocycles. The molecule has 5 nitrogen and oxygen atoms in total. The van der Waals surface area contributed by atoms with Crippen LogP contribution >= 0.6 is 0 Å². The molecule has 2 rings (SSSR count). The van der Waals surface area contributed by atoms with Crippen molar-refractivity contribution >= 4 is 17.5 Å². The maximum atomic E-state index is 12.0. The number of carbonyl (C=O) groups excluding carboxylic acids is 2. The highest BCUT2D eigenvalue weighted by Gasteiger charge is 2.35. The van der Waals surface area contributed by atoms with Crippen LogP contribution in [-0.4, -0.2) is 36.0 Å². The van der Waals surface area contributed by atoms with Gasteiger partial charge in [0.1, 0.15) is 0 Å². The number of fused-ring (bicyclic) bond motifs is 1. The van der Waals surface area contributed by atoms with E-state index in [1.54, 1.807) is 38.2 Å². The first-order valence-corrected chi connectivity index (χ1v) is 5.30. The van der Waals surface area contributed by atoms with Gasteiger partial charge < -0.3 is 5.43 Å². The van der Waals surface area contributed by atoms with E-state index in [0.717, 1.165) is 0 Å². The van der Waals surface area contributed by atoms with Gasteiger partial charge >= 0.3 is 0 Å². The molecular formula is C12H13N3O2. The monoisotopic (exact) mass is 231 g/mol. The number of rotatable bonds is 3. The van der Waals surface area contributed by atoms with Crippen molar-refractivity contribution in [1.82, 2.24) is 10.3 Å². The minimum atomic E-state index is -0.253. The molecule has 5 heteroatoms. The Morgan fingerprint density at radius 3 is 2.24 bits per heavy atom. The van der Waals surface area contributed by atoms with Crippen LogP contribution in [0.25, 0.3) is 0 Å². The molecule has 0 aromatic heterocycles. The Hall–Kier alpha value is -2.17. The first-order valence-electron chi connectivity index (χ1n) is 5.30. The fourth-order valence-corrected chi connectivity index (χ4v) is 1.84. The zero-order valence-corrected chi connectivity index (χ0v) is 9.73. The van der Waals surface area contributed by atoms with Gasteiger partial charge in [0.05, 0.1) is 23.4 Å². The Bertz CT molecular complexity index is 473. The summed E-state index contributed by atoms with van der Waals surface area (Å²) in [7, 11) is 1.67. The Morgan fingerprint density at radius 1 is 1.24 bits per heavy atom. The van der Waals surface area contributed by atoms with E-state index in [9.17, 15) is 9.59 Å². The van der Waals surface area contributed by atoms with Gasteiger partial charge in [-0.1, -0.05) is 12.1 Å². The molecule has 0 saturated carbocycles. The highest BCUT2D eigenvalue weighted by atomic mass is 16.2. The van der Waals surface area contributed by atoms with E-state index in [0.29, 0.717) is 16.8 Å². The van der Waals surface area contributed by atoms with Crippen molar-refractivity contribution in [3.05, 3.63) is 35.4 Å². The van der Waals surface area contributed by atoms with Crippen LogP contribution in [0.4, 0.5) is 0 Å². The zero-order chi connectivity index (χ0) is 12.4. The topological polar surface area (TPSA) is 61.8 Å². The zero-order valence-electron chi connectivity index (χ0n) is 9.73. The third kappa shape index (κ3) is 1.91. The lowest BCUT2D eigenvalue weighted by molar-refractivity contribution is 0.0677. The van der Waals surface area contributed by atoms with Crippen molar-refractivity contribution in [2.24, 2.45) is 5.10 Å². The second kappa shape index (κ2) is 4.37. The number of amides is 2. The normalized spacial score (nSPS) is 15.2. The largest absolute Gasteiger partial charge is 0.313 e.